The molecule has 116 valence electrons. The zero-order valence-electron chi connectivity index (χ0n) is 12.6. The van der Waals surface area contributed by atoms with E-state index in [0.29, 0.717) is 6.54 Å². The summed E-state index contributed by atoms with van der Waals surface area (Å²) in [5.74, 6) is 0. The Morgan fingerprint density at radius 3 is 2.62 bits per heavy atom. The van der Waals surface area contributed by atoms with Crippen molar-refractivity contribution in [2.75, 3.05) is 33.3 Å². The van der Waals surface area contributed by atoms with E-state index in [2.05, 4.69) is 4.90 Å². The van der Waals surface area contributed by atoms with Gasteiger partial charge in [0.2, 0.25) is 0 Å². The number of likely N-dealkylation sites (N-methyl/N-ethyl adjacent to an activating group) is 1. The molecule has 1 aliphatic heterocycles. The SMILES string of the molecule is CN(C(=O)OCc1ccccc1)[C@@H](CO)CN1CCCC1. The smallest absolute Gasteiger partial charge is 0.410 e. The Kier molecular flexibility index (Phi) is 6.02. The lowest BCUT2D eigenvalue weighted by Crippen LogP contribution is -2.46. The summed E-state index contributed by atoms with van der Waals surface area (Å²) in [5.41, 5.74) is 0.958. The van der Waals surface area contributed by atoms with Gasteiger partial charge in [-0.1, -0.05) is 30.3 Å². The molecule has 0 aromatic heterocycles. The average Bonchev–Trinajstić information content (AvgIpc) is 3.03. The Morgan fingerprint density at radius 2 is 2.00 bits per heavy atom. The molecule has 5 heteroatoms. The highest BCUT2D eigenvalue weighted by Crippen LogP contribution is 2.11. The van der Waals surface area contributed by atoms with E-state index >= 15 is 0 Å². The van der Waals surface area contributed by atoms with Crippen LogP contribution in [0.15, 0.2) is 30.3 Å². The lowest BCUT2D eigenvalue weighted by atomic mass is 10.2. The molecule has 1 N–H and O–H groups in total. The van der Waals surface area contributed by atoms with Crippen LogP contribution in [0.1, 0.15) is 18.4 Å². The van der Waals surface area contributed by atoms with Gasteiger partial charge in [0.05, 0.1) is 12.6 Å². The maximum absolute atomic E-state index is 12.1. The van der Waals surface area contributed by atoms with E-state index in [1.807, 2.05) is 30.3 Å². The van der Waals surface area contributed by atoms with Crippen molar-refractivity contribution in [3.05, 3.63) is 35.9 Å². The molecule has 1 atom stereocenters. The van der Waals surface area contributed by atoms with Gasteiger partial charge in [-0.2, -0.15) is 0 Å². The van der Waals surface area contributed by atoms with Crippen LogP contribution in [0.2, 0.25) is 0 Å². The Labute approximate surface area is 126 Å². The van der Waals surface area contributed by atoms with Gasteiger partial charge < -0.3 is 19.6 Å². The van der Waals surface area contributed by atoms with Gasteiger partial charge >= 0.3 is 6.09 Å². The summed E-state index contributed by atoms with van der Waals surface area (Å²) in [7, 11) is 1.68. The highest BCUT2D eigenvalue weighted by atomic mass is 16.6. The zero-order valence-corrected chi connectivity index (χ0v) is 12.6. The summed E-state index contributed by atoms with van der Waals surface area (Å²) < 4.78 is 5.29. The molecule has 1 aliphatic rings. The standard InChI is InChI=1S/C16H24N2O3/c1-17(15(12-19)11-18-9-5-6-10-18)16(20)21-13-14-7-3-2-4-8-14/h2-4,7-8,15,19H,5-6,9-13H2,1H3/t15-/m1/s1. The molecule has 21 heavy (non-hydrogen) atoms. The van der Waals surface area contributed by atoms with E-state index < -0.39 is 6.09 Å². The minimum atomic E-state index is -0.392. The van der Waals surface area contributed by atoms with Crippen LogP contribution < -0.4 is 0 Å². The Morgan fingerprint density at radius 1 is 1.33 bits per heavy atom. The second kappa shape index (κ2) is 8.00. The third-order valence-corrected chi connectivity index (χ3v) is 3.92. The predicted octanol–water partition coefficient (Wildman–Crippen LogP) is 1.71. The molecule has 5 nitrogen and oxygen atoms in total. The number of nitrogens with zero attached hydrogens (tertiary/aromatic N) is 2. The van der Waals surface area contributed by atoms with E-state index in [1.165, 1.54) is 17.7 Å². The first-order valence-corrected chi connectivity index (χ1v) is 7.47. The van der Waals surface area contributed by atoms with Crippen molar-refractivity contribution in [2.24, 2.45) is 0 Å². The van der Waals surface area contributed by atoms with E-state index in [9.17, 15) is 9.90 Å². The molecule has 0 saturated carbocycles. The summed E-state index contributed by atoms with van der Waals surface area (Å²) in [4.78, 5) is 15.8. The van der Waals surface area contributed by atoms with Gasteiger partial charge in [0.25, 0.3) is 0 Å². The molecule has 1 aromatic rings. The van der Waals surface area contributed by atoms with Crippen molar-refractivity contribution in [1.82, 2.24) is 9.80 Å². The number of rotatable bonds is 6. The molecular weight excluding hydrogens is 268 g/mol. The minimum Gasteiger partial charge on any atom is -0.445 e. The van der Waals surface area contributed by atoms with Crippen LogP contribution in [0.25, 0.3) is 0 Å². The quantitative estimate of drug-likeness (QED) is 0.867. The molecule has 1 aromatic carbocycles. The minimum absolute atomic E-state index is 0.0482. The maximum Gasteiger partial charge on any atom is 0.410 e. The fourth-order valence-electron chi connectivity index (χ4n) is 2.54. The summed E-state index contributed by atoms with van der Waals surface area (Å²) in [5, 5.41) is 9.51. The molecule has 1 amide bonds. The first-order chi connectivity index (χ1) is 10.2. The summed E-state index contributed by atoms with van der Waals surface area (Å²) in [6, 6.07) is 9.37. The predicted molar refractivity (Wildman–Crippen MR) is 80.9 cm³/mol. The number of aliphatic hydroxyl groups excluding tert-OH is 1. The van der Waals surface area contributed by atoms with Crippen molar-refractivity contribution in [3.8, 4) is 0 Å². The second-order valence-corrected chi connectivity index (χ2v) is 5.50. The van der Waals surface area contributed by atoms with E-state index in [0.717, 1.165) is 18.7 Å². The summed E-state index contributed by atoms with van der Waals surface area (Å²) in [6.45, 7) is 3.00. The number of likely N-dealkylation sites (tertiary alicyclic amines) is 1. The van der Waals surface area contributed by atoms with E-state index in [-0.39, 0.29) is 19.3 Å². The first kappa shape index (κ1) is 15.8. The normalized spacial score (nSPS) is 16.7. The van der Waals surface area contributed by atoms with E-state index in [4.69, 9.17) is 4.74 Å². The molecule has 1 fully saturated rings. The average molecular weight is 292 g/mol. The third-order valence-electron chi connectivity index (χ3n) is 3.92. The number of benzene rings is 1. The lowest BCUT2D eigenvalue weighted by Gasteiger charge is -2.29. The largest absolute Gasteiger partial charge is 0.445 e. The third kappa shape index (κ3) is 4.72. The molecule has 2 rings (SSSR count). The van der Waals surface area contributed by atoms with Crippen LogP contribution in [-0.2, 0) is 11.3 Å². The fraction of sp³-hybridized carbons (Fsp3) is 0.562. The molecule has 0 spiro atoms. The zero-order chi connectivity index (χ0) is 15.1. The second-order valence-electron chi connectivity index (χ2n) is 5.50. The van der Waals surface area contributed by atoms with Crippen LogP contribution in [0.5, 0.6) is 0 Å². The monoisotopic (exact) mass is 292 g/mol. The van der Waals surface area contributed by atoms with Gasteiger partial charge in [-0.05, 0) is 31.5 Å². The van der Waals surface area contributed by atoms with Gasteiger partial charge in [-0.25, -0.2) is 4.79 Å². The molecule has 0 bridgehead atoms. The van der Waals surface area contributed by atoms with Crippen molar-refractivity contribution < 1.29 is 14.6 Å². The Bertz CT molecular complexity index is 432. The van der Waals surface area contributed by atoms with Gasteiger partial charge in [0.15, 0.2) is 0 Å². The highest BCUT2D eigenvalue weighted by Gasteiger charge is 2.24. The van der Waals surface area contributed by atoms with Crippen LogP contribution in [0.4, 0.5) is 4.79 Å². The maximum atomic E-state index is 12.1. The van der Waals surface area contributed by atoms with Crippen LogP contribution in [0.3, 0.4) is 0 Å². The number of aliphatic hydroxyl groups is 1. The number of carbonyl (C=O) groups is 1. The van der Waals surface area contributed by atoms with Gasteiger partial charge in [-0.15, -0.1) is 0 Å². The van der Waals surface area contributed by atoms with Crippen LogP contribution >= 0.6 is 0 Å². The Hall–Kier alpha value is -1.59. The van der Waals surface area contributed by atoms with Crippen LogP contribution in [-0.4, -0.2) is 60.3 Å². The lowest BCUT2D eigenvalue weighted by molar-refractivity contribution is 0.0660. The van der Waals surface area contributed by atoms with Gasteiger partial charge in [0.1, 0.15) is 6.61 Å². The first-order valence-electron chi connectivity index (χ1n) is 7.47. The number of hydrogen-bond donors (Lipinski definition) is 1. The molecule has 0 unspecified atom stereocenters. The number of carbonyl (C=O) groups excluding carboxylic acids is 1. The van der Waals surface area contributed by atoms with Crippen molar-refractivity contribution in [2.45, 2.75) is 25.5 Å². The number of ether oxygens (including phenoxy) is 1. The van der Waals surface area contributed by atoms with E-state index in [1.54, 1.807) is 7.05 Å². The molecule has 1 saturated heterocycles. The topological polar surface area (TPSA) is 53.0 Å². The summed E-state index contributed by atoms with van der Waals surface area (Å²) >= 11 is 0. The van der Waals surface area contributed by atoms with Gasteiger partial charge in [0, 0.05) is 13.6 Å². The van der Waals surface area contributed by atoms with Crippen LogP contribution in [0, 0.1) is 0 Å². The number of hydrogen-bond acceptors (Lipinski definition) is 4. The van der Waals surface area contributed by atoms with Crippen molar-refractivity contribution in [3.63, 3.8) is 0 Å². The molecule has 1 heterocycles. The highest BCUT2D eigenvalue weighted by molar-refractivity contribution is 5.67. The fourth-order valence-corrected chi connectivity index (χ4v) is 2.54. The Balaban J connectivity index is 1.81. The molecule has 0 radical (unpaired) electrons. The number of amides is 1. The van der Waals surface area contributed by atoms with Crippen molar-refractivity contribution >= 4 is 6.09 Å². The summed E-state index contributed by atoms with van der Waals surface area (Å²) in [6.07, 6.45) is 2.00. The molecule has 0 aliphatic carbocycles. The van der Waals surface area contributed by atoms with Crippen molar-refractivity contribution in [1.29, 1.82) is 0 Å². The van der Waals surface area contributed by atoms with Gasteiger partial charge in [-0.3, -0.25) is 0 Å². The molecular formula is C16H24N2O3.